The molecule has 4 aromatic carbocycles. The number of hydrogen-bond acceptors (Lipinski definition) is 14. The molecule has 24 heteroatoms. The predicted octanol–water partition coefficient (Wildman–Crippen LogP) is 5.58. The van der Waals surface area contributed by atoms with Gasteiger partial charge in [-0.15, -0.1) is 0 Å². The molecule has 0 bridgehead atoms. The van der Waals surface area contributed by atoms with Crippen molar-refractivity contribution in [3.05, 3.63) is 154 Å². The fourth-order valence-electron chi connectivity index (χ4n) is 7.51. The summed E-state index contributed by atoms with van der Waals surface area (Å²) in [5.74, 6) is -2.33. The van der Waals surface area contributed by atoms with Crippen molar-refractivity contribution in [1.29, 1.82) is 0 Å². The zero-order chi connectivity index (χ0) is 53.5. The van der Waals surface area contributed by atoms with Crippen LogP contribution in [0, 0.1) is 23.5 Å². The monoisotopic (exact) mass is 1050 g/mol. The highest BCUT2D eigenvalue weighted by Crippen LogP contribution is 2.33. The Morgan fingerprint density at radius 2 is 0.919 bits per heavy atom. The highest BCUT2D eigenvalue weighted by atomic mass is 32.2. The molecule has 2 amide bonds. The Morgan fingerprint density at radius 3 is 1.26 bits per heavy atom. The van der Waals surface area contributed by atoms with Gasteiger partial charge in [-0.2, -0.15) is 0 Å². The largest absolute Gasteiger partial charge is 0.480 e. The number of carbonyl (C=O) groups excluding carboxylic acids is 2. The summed E-state index contributed by atoms with van der Waals surface area (Å²) in [6.45, 7) is 3.74. The van der Waals surface area contributed by atoms with Crippen molar-refractivity contribution in [2.45, 2.75) is 36.7 Å². The number of halogens is 2. The molecule has 0 aliphatic carbocycles. The van der Waals surface area contributed by atoms with Crippen LogP contribution in [0.1, 0.15) is 13.8 Å². The Labute approximate surface area is 422 Å². The molecule has 384 valence electrons. The van der Waals surface area contributed by atoms with Crippen molar-refractivity contribution < 1.29 is 44.7 Å². The maximum absolute atomic E-state index is 13.2. The summed E-state index contributed by atoms with van der Waals surface area (Å²) in [5.41, 5.74) is 2.61. The Kier molecular flexibility index (Phi) is 16.1. The van der Waals surface area contributed by atoms with Crippen LogP contribution >= 0.6 is 0 Å². The number of benzene rings is 4. The van der Waals surface area contributed by atoms with E-state index in [4.69, 9.17) is 9.47 Å². The van der Waals surface area contributed by atoms with Crippen LogP contribution in [0.3, 0.4) is 0 Å². The van der Waals surface area contributed by atoms with Gasteiger partial charge < -0.3 is 20.1 Å². The Balaban J connectivity index is 0.000000216. The second kappa shape index (κ2) is 22.4. The molecule has 4 heterocycles. The highest BCUT2D eigenvalue weighted by Gasteiger charge is 2.22. The fraction of sp³-hybridized carbons (Fsp3) is 0.200. The van der Waals surface area contributed by atoms with Crippen LogP contribution in [-0.4, -0.2) is 86.0 Å². The van der Waals surface area contributed by atoms with E-state index in [0.29, 0.717) is 44.1 Å². The third kappa shape index (κ3) is 12.0. The lowest BCUT2D eigenvalue weighted by atomic mass is 10.0. The second-order valence-electron chi connectivity index (χ2n) is 16.6. The molecule has 8 rings (SSSR count). The summed E-state index contributed by atoms with van der Waals surface area (Å²) in [6.07, 6.45) is 5.78. The van der Waals surface area contributed by atoms with Gasteiger partial charge in [-0.3, -0.25) is 37.8 Å². The Morgan fingerprint density at radius 1 is 0.554 bits per heavy atom. The smallest absolute Gasteiger partial charge is 0.262 e. The van der Waals surface area contributed by atoms with Crippen LogP contribution < -0.4 is 40.7 Å². The molecule has 4 N–H and O–H groups in total. The number of carbonyl (C=O) groups is 2. The first-order chi connectivity index (χ1) is 35.2. The van der Waals surface area contributed by atoms with Gasteiger partial charge in [0.25, 0.3) is 31.2 Å². The summed E-state index contributed by atoms with van der Waals surface area (Å²) < 4.78 is 95.9. The van der Waals surface area contributed by atoms with Crippen molar-refractivity contribution in [2.24, 2.45) is 11.8 Å². The number of hydrogen-bond donors (Lipinski definition) is 4. The molecule has 0 radical (unpaired) electrons. The number of methoxy groups -OCH3 is 2. The minimum atomic E-state index is -4.06. The van der Waals surface area contributed by atoms with E-state index >= 15 is 0 Å². The summed E-state index contributed by atoms with van der Waals surface area (Å²) in [4.78, 5) is 66.8. The molecule has 0 fully saturated rings. The number of aromatic nitrogens is 6. The van der Waals surface area contributed by atoms with E-state index in [-0.39, 0.29) is 68.9 Å². The zero-order valence-corrected chi connectivity index (χ0v) is 42.1. The van der Waals surface area contributed by atoms with Crippen molar-refractivity contribution in [3.8, 4) is 34.0 Å². The van der Waals surface area contributed by atoms with Gasteiger partial charge >= 0.3 is 0 Å². The van der Waals surface area contributed by atoms with Gasteiger partial charge in [-0.25, -0.2) is 45.6 Å². The van der Waals surface area contributed by atoms with E-state index < -0.39 is 43.5 Å². The van der Waals surface area contributed by atoms with Crippen LogP contribution in [0.4, 0.5) is 20.2 Å². The molecule has 0 saturated heterocycles. The van der Waals surface area contributed by atoms with E-state index in [0.717, 1.165) is 48.5 Å². The maximum atomic E-state index is 13.2. The van der Waals surface area contributed by atoms with Crippen LogP contribution in [0.25, 0.3) is 44.1 Å². The lowest BCUT2D eigenvalue weighted by Crippen LogP contribution is -2.32. The molecule has 2 atom stereocenters. The topological polar surface area (TPSA) is 265 Å². The molecule has 0 unspecified atom stereocenters. The van der Waals surface area contributed by atoms with Crippen LogP contribution in [0.2, 0.25) is 0 Å². The lowest BCUT2D eigenvalue weighted by molar-refractivity contribution is -0.125. The molecule has 0 aliphatic rings. The van der Waals surface area contributed by atoms with Gasteiger partial charge in [0, 0.05) is 50.7 Å². The summed E-state index contributed by atoms with van der Waals surface area (Å²) in [7, 11) is -2.36. The average Bonchev–Trinajstić information content (AvgIpc) is 3.39. The van der Waals surface area contributed by atoms with Gasteiger partial charge in [-0.05, 0) is 96.1 Å². The number of sulfonamides is 2. The third-order valence-electron chi connectivity index (χ3n) is 11.5. The molecular weight excluding hydrogens is 1000 g/mol. The number of anilines is 2. The lowest BCUT2D eigenvalue weighted by Gasteiger charge is -2.14. The van der Waals surface area contributed by atoms with E-state index in [2.05, 4.69) is 40.0 Å². The van der Waals surface area contributed by atoms with Crippen LogP contribution in [0.15, 0.2) is 141 Å². The molecule has 0 saturated carbocycles. The SMILES string of the molecule is CNC(=O)[C@@H](C)Cn1cnc2ccc(-c3cnc(OC)c(NS(=O)(=O)c4ccc(F)cc4)c3)cc2c1=O.CNC(=O)[C@H](C)Cn1cnc2ccc(-c3cnc(OC)c(NS(=O)(=O)c4ccc(F)cc4)c3)cc2c1=O. The molecule has 4 aromatic heterocycles. The molecule has 74 heavy (non-hydrogen) atoms. The molecule has 0 spiro atoms. The van der Waals surface area contributed by atoms with E-state index in [1.807, 2.05) is 0 Å². The number of nitrogens with one attached hydrogen (secondary N) is 4. The molecule has 0 aliphatic heterocycles. The zero-order valence-electron chi connectivity index (χ0n) is 40.5. The molecule has 8 aromatic rings. The van der Waals surface area contributed by atoms with Crippen molar-refractivity contribution in [3.63, 3.8) is 0 Å². The number of amides is 2. The first-order valence-corrected chi connectivity index (χ1v) is 25.3. The van der Waals surface area contributed by atoms with Crippen molar-refractivity contribution in [1.82, 2.24) is 39.7 Å². The number of ether oxygens (including phenoxy) is 2. The molecular formula is C50H48F2N10O10S2. The van der Waals surface area contributed by atoms with Crippen molar-refractivity contribution in [2.75, 3.05) is 37.8 Å². The molecule has 20 nitrogen and oxygen atoms in total. The van der Waals surface area contributed by atoms with Crippen LogP contribution in [-0.2, 0) is 42.7 Å². The van der Waals surface area contributed by atoms with Crippen molar-refractivity contribution >= 4 is 65.0 Å². The Bertz CT molecular complexity index is 3520. The number of pyridine rings is 2. The van der Waals surface area contributed by atoms with E-state index in [1.54, 1.807) is 50.2 Å². The maximum Gasteiger partial charge on any atom is 0.262 e. The summed E-state index contributed by atoms with van der Waals surface area (Å²) in [6, 6.07) is 21.9. The minimum Gasteiger partial charge on any atom is -0.480 e. The van der Waals surface area contributed by atoms with Gasteiger partial charge in [0.2, 0.25) is 23.6 Å². The Hall–Kier alpha value is -8.64. The first-order valence-electron chi connectivity index (χ1n) is 22.3. The van der Waals surface area contributed by atoms with Gasteiger partial charge in [0.05, 0.1) is 70.3 Å². The number of nitrogens with zero attached hydrogens (tertiary/aromatic N) is 6. The average molecular weight is 1050 g/mol. The predicted molar refractivity (Wildman–Crippen MR) is 272 cm³/mol. The standard InChI is InChI=1S/2C25H24FN5O5S/c2*1-15(23(32)27-2)13-31-14-29-21-9-4-16(10-20(21)25(31)33)17-11-22(24(36-3)28-12-17)30-37(34,35)19-7-5-18(26)6-8-19/h2*4-12,14-15,30H,13H2,1-3H3,(H,27,32)/t2*15-/m10/s1. The number of fused-ring (bicyclic) bond motifs is 2. The van der Waals surface area contributed by atoms with Gasteiger partial charge in [0.15, 0.2) is 0 Å². The second-order valence-corrected chi connectivity index (χ2v) is 19.9. The fourth-order valence-corrected chi connectivity index (χ4v) is 9.61. The summed E-state index contributed by atoms with van der Waals surface area (Å²) in [5, 5.41) is 5.77. The van der Waals surface area contributed by atoms with E-state index in [1.165, 1.54) is 74.6 Å². The summed E-state index contributed by atoms with van der Waals surface area (Å²) >= 11 is 0. The minimum absolute atomic E-state index is 0.0300. The van der Waals surface area contributed by atoms with E-state index in [9.17, 15) is 44.8 Å². The normalized spacial score (nSPS) is 12.2. The quantitative estimate of drug-likeness (QED) is 0.0921. The number of rotatable bonds is 16. The third-order valence-corrected chi connectivity index (χ3v) is 14.2. The van der Waals surface area contributed by atoms with Crippen LogP contribution in [0.5, 0.6) is 11.8 Å². The first kappa shape index (κ1) is 53.2. The van der Waals surface area contributed by atoms with Gasteiger partial charge in [0.1, 0.15) is 23.0 Å². The van der Waals surface area contributed by atoms with Gasteiger partial charge in [-0.1, -0.05) is 26.0 Å². The highest BCUT2D eigenvalue weighted by molar-refractivity contribution is 7.93.